The third kappa shape index (κ3) is 25.5. The molecule has 5 heteroatoms. The molecule has 0 amide bonds. The summed E-state index contributed by atoms with van der Waals surface area (Å²) in [6.07, 6.45) is 0. The summed E-state index contributed by atoms with van der Waals surface area (Å²) >= 11 is 0. The van der Waals surface area contributed by atoms with Crippen molar-refractivity contribution >= 4 is 66.3 Å². The maximum absolute atomic E-state index is 5.89. The van der Waals surface area contributed by atoms with Crippen LogP contribution in [0.3, 0.4) is 0 Å². The summed E-state index contributed by atoms with van der Waals surface area (Å²) in [5.74, 6) is 0. The van der Waals surface area contributed by atoms with E-state index >= 15 is 0 Å². The van der Waals surface area contributed by atoms with Gasteiger partial charge in [0.1, 0.15) is 0 Å². The Labute approximate surface area is 75.9 Å². The average molecular weight is 180 g/mol. The van der Waals surface area contributed by atoms with Crippen LogP contribution >= 0.6 is 0 Å². The quantitative estimate of drug-likeness (QED) is 0.397. The maximum atomic E-state index is 5.89. The molecule has 0 aliphatic carbocycles. The van der Waals surface area contributed by atoms with Crippen molar-refractivity contribution in [2.75, 3.05) is 0 Å². The van der Waals surface area contributed by atoms with Gasteiger partial charge in [-0.15, -0.1) is 20.8 Å². The molecule has 0 unspecified atom stereocenters. The van der Waals surface area contributed by atoms with Crippen molar-refractivity contribution in [2.45, 2.75) is 0 Å². The summed E-state index contributed by atoms with van der Waals surface area (Å²) in [5, 5.41) is 11.8. The molecule has 0 aliphatic rings. The van der Waals surface area contributed by atoms with Gasteiger partial charge >= 0.3 is 45.5 Å². The largest absolute Gasteiger partial charge is 2.00 e. The molecule has 0 atom stereocenters. The Bertz CT molecular complexity index is 7.61. The fourth-order valence-corrected chi connectivity index (χ4v) is 0. The van der Waals surface area contributed by atoms with E-state index in [9.17, 15) is 0 Å². The Hall–Kier alpha value is 1.83. The predicted octanol–water partition coefficient (Wildman–Crippen LogP) is -1.74. The number of hydrogen-bond acceptors (Lipinski definition) is 0. The van der Waals surface area contributed by atoms with Crippen molar-refractivity contribution in [3.63, 3.8) is 0 Å². The van der Waals surface area contributed by atoms with Gasteiger partial charge in [0.2, 0.25) is 0 Å². The van der Waals surface area contributed by atoms with Gasteiger partial charge in [-0.2, -0.15) is 0 Å². The van der Waals surface area contributed by atoms with Crippen LogP contribution in [0.15, 0.2) is 0 Å². The van der Waals surface area contributed by atoms with Crippen molar-refractivity contribution < 1.29 is 0 Å². The van der Waals surface area contributed by atoms with Gasteiger partial charge in [0.05, 0.1) is 0 Å². The first-order valence-electron chi connectivity index (χ1n) is 1.00. The minimum atomic E-state index is 0. The van der Waals surface area contributed by atoms with Crippen LogP contribution in [0.5, 0.6) is 0 Å². The van der Waals surface area contributed by atoms with Crippen molar-refractivity contribution in [3.05, 3.63) is 10.8 Å². The van der Waals surface area contributed by atoms with Crippen LogP contribution in [0.2, 0.25) is 0 Å². The summed E-state index contributed by atoms with van der Waals surface area (Å²) in [6, 6.07) is 0. The van der Waals surface area contributed by atoms with Gasteiger partial charge in [-0.05, 0) is 0 Å². The molecule has 5 heavy (non-hydrogen) atoms. The van der Waals surface area contributed by atoms with E-state index in [-0.39, 0.29) is 45.5 Å². The second kappa shape index (κ2) is 40.5. The van der Waals surface area contributed by atoms with Gasteiger partial charge in [0.15, 0.2) is 0 Å². The van der Waals surface area contributed by atoms with Gasteiger partial charge < -0.3 is 10.8 Å². The van der Waals surface area contributed by atoms with Crippen molar-refractivity contribution in [1.82, 2.24) is 0 Å². The summed E-state index contributed by atoms with van der Waals surface area (Å²) in [6.45, 7) is 0. The van der Waals surface area contributed by atoms with E-state index < -0.39 is 0 Å². The predicted molar refractivity (Wildman–Crippen MR) is 34.3 cm³/mol. The fraction of sp³-hybridized carbons (Fsp3) is 0. The molecule has 0 aromatic carbocycles. The molecule has 0 saturated heterocycles. The Morgan fingerprint density at radius 2 is 0.800 bits per heavy atom. The third-order valence-electron chi connectivity index (χ3n) is 0. The Balaban J connectivity index is -0.0000000133. The van der Waals surface area contributed by atoms with Gasteiger partial charge in [0.25, 0.3) is 0 Å². The second-order valence-corrected chi connectivity index (χ2v) is 0. The van der Waals surface area contributed by atoms with Crippen molar-refractivity contribution in [3.8, 4) is 0 Å². The normalized spacial score (nSPS) is 3.60. The molecule has 0 aliphatic heterocycles. The molecule has 0 bridgehead atoms. The topological polar surface area (TPSA) is 47.6 Å². The number of rotatable bonds is 0. The van der Waals surface area contributed by atoms with E-state index in [1.807, 2.05) is 0 Å². The number of hydrogen-bond donors (Lipinski definition) is 0. The molecule has 0 rings (SSSR count). The summed E-state index contributed by atoms with van der Waals surface area (Å²) < 4.78 is 0. The first-order chi connectivity index (χ1) is 2.00. The minimum absolute atomic E-state index is 0. The third-order valence-corrected chi connectivity index (χ3v) is 0. The molecule has 0 spiro atoms. The molecule has 0 radical (unpaired) electrons. The average Bonchev–Trinajstić information content (AvgIpc) is 1.50. The van der Waals surface area contributed by atoms with Crippen molar-refractivity contribution in [2.24, 2.45) is 0 Å². The van der Waals surface area contributed by atoms with Crippen LogP contribution in [0, 0.1) is 0 Å². The van der Waals surface area contributed by atoms with Gasteiger partial charge in [-0.25, -0.2) is 0 Å². The van der Waals surface area contributed by atoms with Gasteiger partial charge in [-0.1, -0.05) is 0 Å². The summed E-state index contributed by atoms with van der Waals surface area (Å²) in [4.78, 5) is 0. The van der Waals surface area contributed by atoms with Crippen molar-refractivity contribution in [1.29, 1.82) is 0 Å². The Morgan fingerprint density at radius 3 is 0.800 bits per heavy atom. The molecule has 0 fully saturated rings. The second-order valence-electron chi connectivity index (χ2n) is 0. The maximum Gasteiger partial charge on any atom is 2.00 e. The van der Waals surface area contributed by atoms with E-state index in [0.717, 1.165) is 0 Å². The molecule has 0 heterocycles. The SMILES string of the molecule is [NH-][SiH3].[NH-][SiH3].[Sr+2]. The number of nitrogens with one attached hydrogen (secondary N) is 2. The molecule has 0 saturated carbocycles. The molecule has 0 aromatic rings. The summed E-state index contributed by atoms with van der Waals surface area (Å²) in [5.41, 5.74) is 0. The molecule has 28 valence electrons. The minimum Gasteiger partial charge on any atom is -0.687 e. The van der Waals surface area contributed by atoms with E-state index in [1.165, 1.54) is 0 Å². The molecular weight excluding hydrogens is 172 g/mol. The molecule has 2 N–H and O–H groups in total. The Kier molecular flexibility index (Phi) is 128. The van der Waals surface area contributed by atoms with Gasteiger partial charge in [0, 0.05) is 0 Å². The zero-order chi connectivity index (χ0) is 4.00. The van der Waals surface area contributed by atoms with E-state index in [0.29, 0.717) is 20.8 Å². The smallest absolute Gasteiger partial charge is 0.687 e. The van der Waals surface area contributed by atoms with Gasteiger partial charge in [-0.3, -0.25) is 0 Å². The first kappa shape index (κ1) is 15.8. The van der Waals surface area contributed by atoms with Crippen LogP contribution in [0.25, 0.3) is 10.8 Å². The van der Waals surface area contributed by atoms with Crippen LogP contribution in [0.1, 0.15) is 0 Å². The summed E-state index contributed by atoms with van der Waals surface area (Å²) in [7, 11) is 1.11. The van der Waals surface area contributed by atoms with E-state index in [2.05, 4.69) is 0 Å². The van der Waals surface area contributed by atoms with Crippen LogP contribution in [0.4, 0.5) is 0 Å². The molecule has 0 aromatic heterocycles. The molecule has 2 nitrogen and oxygen atoms in total. The van der Waals surface area contributed by atoms with Crippen LogP contribution in [-0.4, -0.2) is 66.3 Å². The Morgan fingerprint density at radius 1 is 0.800 bits per heavy atom. The van der Waals surface area contributed by atoms with E-state index in [1.54, 1.807) is 0 Å². The monoisotopic (exact) mass is 180 g/mol. The van der Waals surface area contributed by atoms with Crippen LogP contribution < -0.4 is 0 Å². The fourth-order valence-electron chi connectivity index (χ4n) is 0. The standard InChI is InChI=1S/2H4NSi.Sr/c2*1-2;/h2*1H,2H3;/q2*-1;+2. The first-order valence-corrected chi connectivity index (χ1v) is 3.00. The molecular formula is H8N2Si2Sr. The van der Waals surface area contributed by atoms with Crippen LogP contribution in [-0.2, 0) is 0 Å². The van der Waals surface area contributed by atoms with E-state index in [4.69, 9.17) is 10.8 Å². The zero-order valence-corrected chi connectivity index (χ0v) is 11.2. The zero-order valence-electron chi connectivity index (χ0n) is 3.71.